The topological polar surface area (TPSA) is 46.9 Å². The zero-order valence-corrected chi connectivity index (χ0v) is 23.2. The van der Waals surface area contributed by atoms with E-state index >= 15 is 0 Å². The van der Waals surface area contributed by atoms with Gasteiger partial charge >= 0.3 is 0 Å². The molecule has 0 unspecified atom stereocenters. The first-order valence-electron chi connectivity index (χ1n) is 14.6. The van der Waals surface area contributed by atoms with Crippen LogP contribution >= 0.6 is 0 Å². The molecule has 0 spiro atoms. The molecule has 0 amide bonds. The van der Waals surface area contributed by atoms with Gasteiger partial charge in [-0.1, -0.05) is 76.6 Å². The molecule has 3 rings (SSSR count). The van der Waals surface area contributed by atoms with Gasteiger partial charge < -0.3 is 20.0 Å². The van der Waals surface area contributed by atoms with Crippen LogP contribution in [0.1, 0.15) is 102 Å². The summed E-state index contributed by atoms with van der Waals surface area (Å²) in [6, 6.07) is 17.0. The summed E-state index contributed by atoms with van der Waals surface area (Å²) in [5, 5.41) is 22.1. The first-order chi connectivity index (χ1) is 17.5. The molecule has 4 nitrogen and oxygen atoms in total. The molecule has 0 saturated heterocycles. The van der Waals surface area contributed by atoms with Crippen molar-refractivity contribution in [2.24, 2.45) is 0 Å². The molecule has 0 heterocycles. The first kappa shape index (κ1) is 28.5. The first-order valence-corrected chi connectivity index (χ1v) is 14.6. The van der Waals surface area contributed by atoms with E-state index < -0.39 is 12.2 Å². The Labute approximate surface area is 220 Å². The van der Waals surface area contributed by atoms with Crippen molar-refractivity contribution in [2.45, 2.75) is 103 Å². The number of unbranched alkanes of at least 4 members (excludes halogenated alkanes) is 6. The van der Waals surface area contributed by atoms with Crippen molar-refractivity contribution in [1.82, 2.24) is 0 Å². The lowest BCUT2D eigenvalue weighted by molar-refractivity contribution is -0.0785. The lowest BCUT2D eigenvalue weighted by atomic mass is 9.63. The van der Waals surface area contributed by atoms with Gasteiger partial charge in [-0.3, -0.25) is 0 Å². The number of rotatable bonds is 16. The normalized spacial score (nSPS) is 21.3. The van der Waals surface area contributed by atoms with Crippen LogP contribution in [0.15, 0.2) is 48.5 Å². The van der Waals surface area contributed by atoms with Crippen LogP contribution in [-0.2, 0) is 0 Å². The van der Waals surface area contributed by atoms with Gasteiger partial charge in [0.1, 0.15) is 0 Å². The molecule has 4 heteroatoms. The molecule has 1 saturated carbocycles. The summed E-state index contributed by atoms with van der Waals surface area (Å²) in [6.45, 7) is 13.0. The highest BCUT2D eigenvalue weighted by atomic mass is 16.3. The third-order valence-corrected chi connectivity index (χ3v) is 8.08. The van der Waals surface area contributed by atoms with Crippen molar-refractivity contribution in [3.63, 3.8) is 0 Å². The molecule has 200 valence electrons. The average Bonchev–Trinajstić information content (AvgIpc) is 2.90. The van der Waals surface area contributed by atoms with Crippen LogP contribution in [-0.4, -0.2) is 48.6 Å². The molecule has 0 aromatic heterocycles. The number of benzene rings is 2. The number of aliphatic hydroxyl groups excluding tert-OH is 2. The van der Waals surface area contributed by atoms with Gasteiger partial charge in [0.15, 0.2) is 0 Å². The summed E-state index contributed by atoms with van der Waals surface area (Å²) in [7, 11) is 0. The van der Waals surface area contributed by atoms with Gasteiger partial charge in [0.25, 0.3) is 0 Å². The summed E-state index contributed by atoms with van der Waals surface area (Å²) >= 11 is 0. The van der Waals surface area contributed by atoms with Crippen LogP contribution < -0.4 is 9.80 Å². The number of anilines is 2. The third kappa shape index (κ3) is 7.04. The largest absolute Gasteiger partial charge is 0.392 e. The molecule has 0 aliphatic heterocycles. The molecule has 1 aliphatic rings. The quantitative estimate of drug-likeness (QED) is 0.244. The van der Waals surface area contributed by atoms with E-state index in [1.165, 1.54) is 62.7 Å². The van der Waals surface area contributed by atoms with Gasteiger partial charge in [-0.25, -0.2) is 0 Å². The van der Waals surface area contributed by atoms with Crippen LogP contribution in [0.4, 0.5) is 11.4 Å². The van der Waals surface area contributed by atoms with Crippen LogP contribution in [0.2, 0.25) is 0 Å². The van der Waals surface area contributed by atoms with Crippen molar-refractivity contribution in [3.05, 3.63) is 59.7 Å². The fraction of sp³-hybridized carbons (Fsp3) is 0.625. The standard InChI is InChI=1S/C32H50N2O2/c1-5-9-11-13-23-33(7-3)27-19-15-25(16-20-27)29-31(35)30(32(29)36)26-17-21-28(22-18-26)34(8-4)24-14-12-10-6-2/h15-22,29-32,35-36H,5-14,23-24H2,1-4H3. The van der Waals surface area contributed by atoms with Crippen molar-refractivity contribution in [2.75, 3.05) is 36.0 Å². The summed E-state index contributed by atoms with van der Waals surface area (Å²) in [4.78, 5) is 4.83. The van der Waals surface area contributed by atoms with Crippen LogP contribution in [0.25, 0.3) is 0 Å². The molecule has 1 fully saturated rings. The SMILES string of the molecule is CCCCCCN(CC)c1ccc(C2C(O)C(c3ccc(N(CC)CCCCCC)cc3)C2O)cc1. The highest BCUT2D eigenvalue weighted by Gasteiger charge is 2.50. The van der Waals surface area contributed by atoms with Gasteiger partial charge in [-0.2, -0.15) is 0 Å². The average molecular weight is 495 g/mol. The number of hydrogen-bond donors (Lipinski definition) is 2. The minimum absolute atomic E-state index is 0.228. The highest BCUT2D eigenvalue weighted by molar-refractivity contribution is 5.51. The zero-order valence-electron chi connectivity index (χ0n) is 23.2. The Bertz CT molecular complexity index is 785. The Kier molecular flexibility index (Phi) is 11.6. The van der Waals surface area contributed by atoms with Gasteiger partial charge in [-0.05, 0) is 62.1 Å². The number of aliphatic hydroxyl groups is 2. The van der Waals surface area contributed by atoms with E-state index in [2.05, 4.69) is 86.0 Å². The second-order valence-electron chi connectivity index (χ2n) is 10.5. The van der Waals surface area contributed by atoms with Crippen molar-refractivity contribution in [3.8, 4) is 0 Å². The molecule has 0 bridgehead atoms. The minimum Gasteiger partial charge on any atom is -0.392 e. The molecular formula is C32H50N2O2. The minimum atomic E-state index is -0.565. The molecule has 36 heavy (non-hydrogen) atoms. The Morgan fingerprint density at radius 3 is 1.19 bits per heavy atom. The maximum absolute atomic E-state index is 11.0. The maximum Gasteiger partial charge on any atom is 0.0727 e. The van der Waals surface area contributed by atoms with E-state index in [9.17, 15) is 10.2 Å². The third-order valence-electron chi connectivity index (χ3n) is 8.08. The van der Waals surface area contributed by atoms with E-state index in [0.717, 1.165) is 37.3 Å². The Balaban J connectivity index is 1.59. The van der Waals surface area contributed by atoms with Crippen LogP contribution in [0.5, 0.6) is 0 Å². The summed E-state index contributed by atoms with van der Waals surface area (Å²) < 4.78 is 0. The summed E-state index contributed by atoms with van der Waals surface area (Å²) in [5.41, 5.74) is 4.50. The molecule has 2 aromatic carbocycles. The molecule has 1 aliphatic carbocycles. The molecule has 0 radical (unpaired) electrons. The van der Waals surface area contributed by atoms with Gasteiger partial charge in [0.2, 0.25) is 0 Å². The Morgan fingerprint density at radius 1 is 0.528 bits per heavy atom. The van der Waals surface area contributed by atoms with Crippen molar-refractivity contribution >= 4 is 11.4 Å². The summed E-state index contributed by atoms with van der Waals surface area (Å²) in [5.74, 6) is -0.455. The van der Waals surface area contributed by atoms with E-state index in [-0.39, 0.29) is 11.8 Å². The Morgan fingerprint density at radius 2 is 0.889 bits per heavy atom. The van der Waals surface area contributed by atoms with E-state index in [1.807, 2.05) is 0 Å². The van der Waals surface area contributed by atoms with Gasteiger partial charge in [-0.15, -0.1) is 0 Å². The van der Waals surface area contributed by atoms with E-state index in [4.69, 9.17) is 0 Å². The monoisotopic (exact) mass is 494 g/mol. The second kappa shape index (κ2) is 14.6. The fourth-order valence-corrected chi connectivity index (χ4v) is 5.71. The van der Waals surface area contributed by atoms with Crippen LogP contribution in [0, 0.1) is 0 Å². The predicted molar refractivity (Wildman–Crippen MR) is 154 cm³/mol. The Hall–Kier alpha value is -2.04. The maximum atomic E-state index is 11.0. The summed E-state index contributed by atoms with van der Waals surface area (Å²) in [6.07, 6.45) is 8.99. The van der Waals surface area contributed by atoms with Gasteiger partial charge in [0.05, 0.1) is 12.2 Å². The molecule has 2 aromatic rings. The van der Waals surface area contributed by atoms with Crippen LogP contribution in [0.3, 0.4) is 0 Å². The fourth-order valence-electron chi connectivity index (χ4n) is 5.71. The van der Waals surface area contributed by atoms with Crippen molar-refractivity contribution in [1.29, 1.82) is 0 Å². The molecular weight excluding hydrogens is 444 g/mol. The lowest BCUT2D eigenvalue weighted by Gasteiger charge is -2.47. The predicted octanol–water partition coefficient (Wildman–Crippen LogP) is 7.10. The molecule has 0 atom stereocenters. The molecule has 2 N–H and O–H groups in total. The highest BCUT2D eigenvalue weighted by Crippen LogP contribution is 2.48. The number of nitrogens with zero attached hydrogens (tertiary/aromatic N) is 2. The smallest absolute Gasteiger partial charge is 0.0727 e. The second-order valence-corrected chi connectivity index (χ2v) is 10.5. The van der Waals surface area contributed by atoms with E-state index in [0.29, 0.717) is 0 Å². The van der Waals surface area contributed by atoms with Crippen molar-refractivity contribution < 1.29 is 10.2 Å². The lowest BCUT2D eigenvalue weighted by Crippen LogP contribution is -2.51. The van der Waals surface area contributed by atoms with Gasteiger partial charge in [0, 0.05) is 49.4 Å². The number of hydrogen-bond acceptors (Lipinski definition) is 4. The zero-order chi connectivity index (χ0) is 25.9. The van der Waals surface area contributed by atoms with E-state index in [1.54, 1.807) is 0 Å².